The molecule has 1 saturated heterocycles. The zero-order valence-electron chi connectivity index (χ0n) is 12.5. The number of ether oxygens (including phenoxy) is 1. The van der Waals surface area contributed by atoms with Gasteiger partial charge in [0.25, 0.3) is 0 Å². The van der Waals surface area contributed by atoms with Gasteiger partial charge in [-0.25, -0.2) is 4.98 Å². The van der Waals surface area contributed by atoms with Crippen LogP contribution in [0.4, 0.5) is 18.9 Å². The Labute approximate surface area is 135 Å². The molecule has 3 heterocycles. The topological polar surface area (TPSA) is 38.2 Å². The number of aryl methyl sites for hydroxylation is 1. The monoisotopic (exact) mass is 343 g/mol. The largest absolute Gasteiger partial charge is 0.433 e. The lowest BCUT2D eigenvalue weighted by Crippen LogP contribution is -2.23. The van der Waals surface area contributed by atoms with Gasteiger partial charge in [0.05, 0.1) is 23.4 Å². The van der Waals surface area contributed by atoms with Crippen LogP contribution in [-0.4, -0.2) is 29.2 Å². The summed E-state index contributed by atoms with van der Waals surface area (Å²) in [4.78, 5) is 9.62. The maximum Gasteiger partial charge on any atom is 0.433 e. The number of rotatable bonds is 4. The van der Waals surface area contributed by atoms with Crippen molar-refractivity contribution >= 4 is 17.0 Å². The van der Waals surface area contributed by atoms with Crippen molar-refractivity contribution in [2.24, 2.45) is 0 Å². The molecule has 8 heteroatoms. The number of nitrogens with zero attached hydrogens (tertiary/aromatic N) is 3. The molecular formula is C15H16F3N3OS. The Hall–Kier alpha value is -1.67. The number of hydrogen-bond donors (Lipinski definition) is 0. The summed E-state index contributed by atoms with van der Waals surface area (Å²) in [5, 5.41) is 2.95. The molecule has 0 radical (unpaired) electrons. The fourth-order valence-corrected chi connectivity index (χ4v) is 3.14. The predicted octanol–water partition coefficient (Wildman–Crippen LogP) is 3.66. The Kier molecular flexibility index (Phi) is 4.54. The first-order valence-electron chi connectivity index (χ1n) is 7.22. The van der Waals surface area contributed by atoms with Crippen molar-refractivity contribution in [3.8, 4) is 0 Å². The van der Waals surface area contributed by atoms with E-state index in [-0.39, 0.29) is 6.10 Å². The van der Waals surface area contributed by atoms with Crippen LogP contribution >= 0.6 is 11.3 Å². The number of pyridine rings is 1. The van der Waals surface area contributed by atoms with Gasteiger partial charge in [-0.2, -0.15) is 13.2 Å². The fourth-order valence-electron chi connectivity index (χ4n) is 2.55. The van der Waals surface area contributed by atoms with Gasteiger partial charge in [0.1, 0.15) is 5.69 Å². The Morgan fingerprint density at radius 3 is 2.96 bits per heavy atom. The summed E-state index contributed by atoms with van der Waals surface area (Å²) in [7, 11) is 0. The van der Waals surface area contributed by atoms with Crippen LogP contribution in [-0.2, 0) is 17.5 Å². The number of thiazole rings is 1. The van der Waals surface area contributed by atoms with Gasteiger partial charge in [0.15, 0.2) is 0 Å². The molecule has 0 N–H and O–H groups in total. The molecule has 1 unspecified atom stereocenters. The summed E-state index contributed by atoms with van der Waals surface area (Å²) in [5.41, 5.74) is 0.564. The van der Waals surface area contributed by atoms with E-state index < -0.39 is 11.9 Å². The summed E-state index contributed by atoms with van der Waals surface area (Å²) in [6, 6.07) is 2.69. The molecule has 0 bridgehead atoms. The third-order valence-electron chi connectivity index (χ3n) is 3.68. The number of hydrogen-bond acceptors (Lipinski definition) is 5. The second-order valence-corrected chi connectivity index (χ2v) is 6.48. The third kappa shape index (κ3) is 4.00. The van der Waals surface area contributed by atoms with Crippen molar-refractivity contribution in [1.29, 1.82) is 0 Å². The van der Waals surface area contributed by atoms with Crippen molar-refractivity contribution in [2.75, 3.05) is 18.0 Å². The van der Waals surface area contributed by atoms with Gasteiger partial charge in [0, 0.05) is 30.4 Å². The Morgan fingerprint density at radius 1 is 1.43 bits per heavy atom. The molecule has 2 aromatic heterocycles. The summed E-state index contributed by atoms with van der Waals surface area (Å²) in [5.74, 6) is 0. The molecule has 0 spiro atoms. The van der Waals surface area contributed by atoms with E-state index in [1.807, 2.05) is 17.2 Å². The minimum atomic E-state index is -4.42. The van der Waals surface area contributed by atoms with Crippen molar-refractivity contribution < 1.29 is 17.9 Å². The van der Waals surface area contributed by atoms with Crippen molar-refractivity contribution in [3.63, 3.8) is 0 Å². The highest BCUT2D eigenvalue weighted by Crippen LogP contribution is 2.31. The summed E-state index contributed by atoms with van der Waals surface area (Å²) in [6.07, 6.45) is -2.44. The van der Waals surface area contributed by atoms with Crippen molar-refractivity contribution in [2.45, 2.75) is 32.2 Å². The van der Waals surface area contributed by atoms with Crippen LogP contribution in [0.2, 0.25) is 0 Å². The lowest BCUT2D eigenvalue weighted by Gasteiger charge is -2.19. The smallest absolute Gasteiger partial charge is 0.370 e. The molecule has 23 heavy (non-hydrogen) atoms. The Bertz CT molecular complexity index is 674. The summed E-state index contributed by atoms with van der Waals surface area (Å²) in [6.45, 7) is 3.62. The quantitative estimate of drug-likeness (QED) is 0.849. The zero-order chi connectivity index (χ0) is 16.4. The molecule has 0 amide bonds. The molecule has 3 rings (SSSR count). The first kappa shape index (κ1) is 16.2. The summed E-state index contributed by atoms with van der Waals surface area (Å²) < 4.78 is 44.0. The molecule has 1 aliphatic heterocycles. The molecule has 1 aliphatic rings. The maximum atomic E-state index is 12.7. The van der Waals surface area contributed by atoms with Gasteiger partial charge in [-0.05, 0) is 25.5 Å². The molecule has 0 saturated carbocycles. The van der Waals surface area contributed by atoms with E-state index in [0.29, 0.717) is 25.4 Å². The van der Waals surface area contributed by atoms with Crippen LogP contribution in [0.5, 0.6) is 0 Å². The van der Waals surface area contributed by atoms with Crippen LogP contribution in [0.3, 0.4) is 0 Å². The van der Waals surface area contributed by atoms with Gasteiger partial charge >= 0.3 is 6.18 Å². The first-order chi connectivity index (χ1) is 10.9. The van der Waals surface area contributed by atoms with Crippen LogP contribution in [0, 0.1) is 6.92 Å². The second-order valence-electron chi connectivity index (χ2n) is 5.42. The highest BCUT2D eigenvalue weighted by Gasteiger charge is 2.33. The van der Waals surface area contributed by atoms with E-state index in [9.17, 15) is 13.2 Å². The lowest BCUT2D eigenvalue weighted by molar-refractivity contribution is -0.141. The SMILES string of the molecule is Cc1nc(COC2CCN(c3ccnc(C(F)(F)F)c3)C2)cs1. The van der Waals surface area contributed by atoms with E-state index >= 15 is 0 Å². The van der Waals surface area contributed by atoms with Gasteiger partial charge in [-0.1, -0.05) is 0 Å². The molecule has 124 valence electrons. The molecule has 4 nitrogen and oxygen atoms in total. The van der Waals surface area contributed by atoms with Crippen LogP contribution in [0.25, 0.3) is 0 Å². The highest BCUT2D eigenvalue weighted by molar-refractivity contribution is 7.09. The number of aromatic nitrogens is 2. The molecule has 2 aromatic rings. The minimum absolute atomic E-state index is 0.000455. The van der Waals surface area contributed by atoms with Gasteiger partial charge < -0.3 is 9.64 Å². The van der Waals surface area contributed by atoms with E-state index in [2.05, 4.69) is 9.97 Å². The second kappa shape index (κ2) is 6.45. The van der Waals surface area contributed by atoms with E-state index in [1.165, 1.54) is 6.20 Å². The van der Waals surface area contributed by atoms with Crippen LogP contribution in [0.15, 0.2) is 23.7 Å². The average molecular weight is 343 g/mol. The Morgan fingerprint density at radius 2 is 2.26 bits per heavy atom. The number of halogens is 3. The molecule has 0 aliphatic carbocycles. The summed E-state index contributed by atoms with van der Waals surface area (Å²) >= 11 is 1.57. The minimum Gasteiger partial charge on any atom is -0.370 e. The molecule has 1 atom stereocenters. The zero-order valence-corrected chi connectivity index (χ0v) is 13.3. The molecule has 0 aromatic carbocycles. The van der Waals surface area contributed by atoms with E-state index in [1.54, 1.807) is 17.4 Å². The maximum absolute atomic E-state index is 12.7. The highest BCUT2D eigenvalue weighted by atomic mass is 32.1. The van der Waals surface area contributed by atoms with Crippen LogP contribution in [0.1, 0.15) is 22.8 Å². The van der Waals surface area contributed by atoms with Gasteiger partial charge in [-0.3, -0.25) is 4.98 Å². The molecular weight excluding hydrogens is 327 g/mol. The van der Waals surface area contributed by atoms with Crippen LogP contribution < -0.4 is 4.90 Å². The average Bonchev–Trinajstić information content (AvgIpc) is 3.13. The standard InChI is InChI=1S/C15H16F3N3OS/c1-10-20-11(9-23-10)8-22-13-3-5-21(7-13)12-2-4-19-14(6-12)15(16,17)18/h2,4,6,9,13H,3,5,7-8H2,1H3. The fraction of sp³-hybridized carbons (Fsp3) is 0.467. The van der Waals surface area contributed by atoms with E-state index in [0.717, 1.165) is 23.2 Å². The van der Waals surface area contributed by atoms with Crippen molar-refractivity contribution in [3.05, 3.63) is 40.1 Å². The lowest BCUT2D eigenvalue weighted by atomic mass is 10.3. The first-order valence-corrected chi connectivity index (χ1v) is 8.10. The van der Waals surface area contributed by atoms with Gasteiger partial charge in [-0.15, -0.1) is 11.3 Å². The normalized spacial score (nSPS) is 18.6. The number of anilines is 1. The predicted molar refractivity (Wildman–Crippen MR) is 81.5 cm³/mol. The number of alkyl halides is 3. The van der Waals surface area contributed by atoms with E-state index in [4.69, 9.17) is 4.74 Å². The van der Waals surface area contributed by atoms with Crippen molar-refractivity contribution in [1.82, 2.24) is 9.97 Å². The van der Waals surface area contributed by atoms with Gasteiger partial charge in [0.2, 0.25) is 0 Å². The Balaban J connectivity index is 1.59. The molecule has 1 fully saturated rings. The third-order valence-corrected chi connectivity index (χ3v) is 4.50.